The molecular formula is C22H27N2O+. The zero-order valence-electron chi connectivity index (χ0n) is 14.9. The van der Waals surface area contributed by atoms with E-state index in [1.807, 2.05) is 11.0 Å². The molecule has 0 radical (unpaired) electrons. The molecule has 0 fully saturated rings. The van der Waals surface area contributed by atoms with Crippen LogP contribution in [-0.4, -0.2) is 18.5 Å². The quantitative estimate of drug-likeness (QED) is 0.920. The van der Waals surface area contributed by atoms with Gasteiger partial charge in [0.2, 0.25) is 0 Å². The summed E-state index contributed by atoms with van der Waals surface area (Å²) in [6.07, 6.45) is 5.68. The summed E-state index contributed by atoms with van der Waals surface area (Å²) < 4.78 is 0. The first-order valence-corrected chi connectivity index (χ1v) is 9.56. The fourth-order valence-electron chi connectivity index (χ4n) is 4.43. The Hall–Kier alpha value is -2.13. The summed E-state index contributed by atoms with van der Waals surface area (Å²) in [5, 5.41) is 2.29. The zero-order valence-corrected chi connectivity index (χ0v) is 14.9. The van der Waals surface area contributed by atoms with Crippen molar-refractivity contribution in [2.75, 3.05) is 11.4 Å². The zero-order chi connectivity index (χ0) is 17.2. The molecular weight excluding hydrogens is 308 g/mol. The third kappa shape index (κ3) is 3.21. The number of fused-ring (bicyclic) bond motifs is 2. The monoisotopic (exact) mass is 335 g/mol. The van der Waals surface area contributed by atoms with Gasteiger partial charge in [0, 0.05) is 24.2 Å². The largest absolute Gasteiger partial charge is 0.330 e. The Kier molecular flexibility index (Phi) is 4.58. The third-order valence-corrected chi connectivity index (χ3v) is 5.70. The van der Waals surface area contributed by atoms with E-state index in [0.717, 1.165) is 31.5 Å². The van der Waals surface area contributed by atoms with Gasteiger partial charge in [0.25, 0.3) is 5.91 Å². The van der Waals surface area contributed by atoms with E-state index in [9.17, 15) is 4.79 Å². The van der Waals surface area contributed by atoms with E-state index in [4.69, 9.17) is 0 Å². The van der Waals surface area contributed by atoms with E-state index in [1.165, 1.54) is 29.5 Å². The Bertz CT molecular complexity index is 770. The average Bonchev–Trinajstić information content (AvgIpc) is 2.67. The van der Waals surface area contributed by atoms with Crippen molar-refractivity contribution in [1.82, 2.24) is 0 Å². The van der Waals surface area contributed by atoms with Crippen LogP contribution in [0.5, 0.6) is 0 Å². The Morgan fingerprint density at radius 3 is 2.64 bits per heavy atom. The second kappa shape index (κ2) is 7.01. The first-order chi connectivity index (χ1) is 12.2. The second-order valence-corrected chi connectivity index (χ2v) is 7.40. The molecule has 2 aromatic carbocycles. The van der Waals surface area contributed by atoms with Crippen LogP contribution in [0.4, 0.5) is 5.69 Å². The minimum Gasteiger partial charge on any atom is -0.330 e. The molecule has 4 rings (SSSR count). The lowest BCUT2D eigenvalue weighted by Gasteiger charge is -2.32. The summed E-state index contributed by atoms with van der Waals surface area (Å²) in [4.78, 5) is 15.1. The van der Waals surface area contributed by atoms with Crippen molar-refractivity contribution in [3.63, 3.8) is 0 Å². The number of amides is 1. The number of carbonyl (C=O) groups excluding carboxylic acids is 1. The maximum Gasteiger partial charge on any atom is 0.284 e. The van der Waals surface area contributed by atoms with E-state index >= 15 is 0 Å². The van der Waals surface area contributed by atoms with Crippen LogP contribution in [0.15, 0.2) is 48.5 Å². The van der Waals surface area contributed by atoms with Crippen molar-refractivity contribution in [2.45, 2.75) is 51.1 Å². The molecule has 0 unspecified atom stereocenters. The molecule has 0 saturated carbocycles. The average molecular weight is 335 g/mol. The van der Waals surface area contributed by atoms with Gasteiger partial charge in [0.1, 0.15) is 6.04 Å². The first-order valence-electron chi connectivity index (χ1n) is 9.56. The highest BCUT2D eigenvalue weighted by Crippen LogP contribution is 2.28. The molecule has 1 amide bonds. The molecule has 130 valence electrons. The molecule has 2 aromatic rings. The molecule has 0 bridgehead atoms. The summed E-state index contributed by atoms with van der Waals surface area (Å²) in [7, 11) is 0. The van der Waals surface area contributed by atoms with E-state index in [1.54, 1.807) is 0 Å². The molecule has 25 heavy (non-hydrogen) atoms. The molecule has 3 nitrogen and oxygen atoms in total. The summed E-state index contributed by atoms with van der Waals surface area (Å²) in [5.41, 5.74) is 5.30. The minimum absolute atomic E-state index is 0.0534. The van der Waals surface area contributed by atoms with Gasteiger partial charge in [-0.25, -0.2) is 0 Å². The molecule has 0 aromatic heterocycles. The molecule has 2 N–H and O–H groups in total. The normalized spacial score (nSPS) is 20.5. The van der Waals surface area contributed by atoms with E-state index in [2.05, 4.69) is 54.7 Å². The van der Waals surface area contributed by atoms with Crippen LogP contribution < -0.4 is 10.2 Å². The summed E-state index contributed by atoms with van der Waals surface area (Å²) in [6.45, 7) is 2.91. The fourth-order valence-corrected chi connectivity index (χ4v) is 4.43. The lowest BCUT2D eigenvalue weighted by atomic mass is 9.87. The van der Waals surface area contributed by atoms with E-state index < -0.39 is 0 Å². The van der Waals surface area contributed by atoms with Crippen molar-refractivity contribution in [1.29, 1.82) is 0 Å². The highest BCUT2D eigenvalue weighted by molar-refractivity contribution is 5.97. The van der Waals surface area contributed by atoms with Crippen molar-refractivity contribution in [3.05, 3.63) is 65.2 Å². The molecule has 1 heterocycles. The van der Waals surface area contributed by atoms with Gasteiger partial charge in [-0.2, -0.15) is 0 Å². The fraction of sp³-hybridized carbons (Fsp3) is 0.409. The molecule has 0 spiro atoms. The SMILES string of the molecule is C[C@H]([NH2+][C@@H]1CCCc2ccccc21)C(=O)N1CCCc2ccccc21. The summed E-state index contributed by atoms with van der Waals surface area (Å²) in [6, 6.07) is 17.4. The lowest BCUT2D eigenvalue weighted by Crippen LogP contribution is -2.93. The number of rotatable bonds is 3. The Morgan fingerprint density at radius 1 is 1.04 bits per heavy atom. The number of quaternary nitrogens is 1. The Morgan fingerprint density at radius 2 is 1.76 bits per heavy atom. The van der Waals surface area contributed by atoms with Crippen LogP contribution in [0.2, 0.25) is 0 Å². The van der Waals surface area contributed by atoms with Crippen molar-refractivity contribution < 1.29 is 10.1 Å². The standard InChI is InChI=1S/C22H26N2O/c1-16(23-20-13-6-10-17-8-2-4-12-19(17)20)22(25)24-15-7-11-18-9-3-5-14-21(18)24/h2-5,8-9,12,14,16,20,23H,6-7,10-11,13,15H2,1H3/p+1/t16-,20+/m0/s1. The number of nitrogens with two attached hydrogens (primary N) is 1. The first kappa shape index (κ1) is 16.3. The van der Waals surface area contributed by atoms with Gasteiger partial charge in [-0.05, 0) is 49.8 Å². The summed E-state index contributed by atoms with van der Waals surface area (Å²) >= 11 is 0. The lowest BCUT2D eigenvalue weighted by molar-refractivity contribution is -0.714. The smallest absolute Gasteiger partial charge is 0.284 e. The van der Waals surface area contributed by atoms with Crippen LogP contribution in [0, 0.1) is 0 Å². The number of nitrogens with zero attached hydrogens (tertiary/aromatic N) is 1. The molecule has 0 saturated heterocycles. The van der Waals surface area contributed by atoms with Crippen LogP contribution in [0.25, 0.3) is 0 Å². The van der Waals surface area contributed by atoms with Gasteiger partial charge in [-0.15, -0.1) is 0 Å². The van der Waals surface area contributed by atoms with Gasteiger partial charge >= 0.3 is 0 Å². The number of hydrogen-bond donors (Lipinski definition) is 1. The highest BCUT2D eigenvalue weighted by atomic mass is 16.2. The van der Waals surface area contributed by atoms with Crippen LogP contribution in [-0.2, 0) is 17.6 Å². The molecule has 2 atom stereocenters. The van der Waals surface area contributed by atoms with Gasteiger partial charge in [-0.1, -0.05) is 42.5 Å². The maximum atomic E-state index is 13.1. The molecule has 1 aliphatic heterocycles. The second-order valence-electron chi connectivity index (χ2n) is 7.40. The number of aryl methyl sites for hydroxylation is 2. The van der Waals surface area contributed by atoms with E-state index in [-0.39, 0.29) is 11.9 Å². The topological polar surface area (TPSA) is 36.9 Å². The molecule has 2 aliphatic rings. The van der Waals surface area contributed by atoms with Gasteiger partial charge < -0.3 is 10.2 Å². The van der Waals surface area contributed by atoms with Gasteiger partial charge in [0.15, 0.2) is 6.04 Å². The number of hydrogen-bond acceptors (Lipinski definition) is 1. The third-order valence-electron chi connectivity index (χ3n) is 5.70. The van der Waals surface area contributed by atoms with Crippen LogP contribution in [0.1, 0.15) is 48.9 Å². The van der Waals surface area contributed by atoms with Crippen molar-refractivity contribution in [2.24, 2.45) is 0 Å². The van der Waals surface area contributed by atoms with Crippen molar-refractivity contribution >= 4 is 11.6 Å². The number of benzene rings is 2. The van der Waals surface area contributed by atoms with Gasteiger partial charge in [0.05, 0.1) is 0 Å². The van der Waals surface area contributed by atoms with Gasteiger partial charge in [-0.3, -0.25) is 4.79 Å². The predicted octanol–water partition coefficient (Wildman–Crippen LogP) is 3.00. The molecule has 1 aliphatic carbocycles. The van der Waals surface area contributed by atoms with Crippen LogP contribution in [0.3, 0.4) is 0 Å². The number of anilines is 1. The molecule has 3 heteroatoms. The summed E-state index contributed by atoms with van der Waals surface area (Å²) in [5.74, 6) is 0.246. The predicted molar refractivity (Wildman–Crippen MR) is 101 cm³/mol. The van der Waals surface area contributed by atoms with Crippen molar-refractivity contribution in [3.8, 4) is 0 Å². The Labute approximate surface area is 150 Å². The minimum atomic E-state index is -0.0534. The Balaban J connectivity index is 1.51. The number of para-hydroxylation sites is 1. The maximum absolute atomic E-state index is 13.1. The van der Waals surface area contributed by atoms with Crippen LogP contribution >= 0.6 is 0 Å². The van der Waals surface area contributed by atoms with E-state index in [0.29, 0.717) is 6.04 Å². The highest BCUT2D eigenvalue weighted by Gasteiger charge is 2.31. The number of carbonyl (C=O) groups is 1.